The fraction of sp³-hybridized carbons (Fsp3) is 0.235. The standard InChI is InChI=1S/C17H15F2NO6/c1-10-4-3-5-12(20(22)23)15(10)16(21)25-9-11-6-7-13(26-17(18)19)14(8-11)24-2/h3-8,17H,9H2,1-2H3. The third-order valence-corrected chi connectivity index (χ3v) is 3.47. The van der Waals surface area contributed by atoms with Crippen LogP contribution < -0.4 is 9.47 Å². The van der Waals surface area contributed by atoms with Gasteiger partial charge in [0.25, 0.3) is 5.69 Å². The minimum Gasteiger partial charge on any atom is -0.493 e. The highest BCUT2D eigenvalue weighted by Crippen LogP contribution is 2.30. The van der Waals surface area contributed by atoms with Crippen molar-refractivity contribution in [3.63, 3.8) is 0 Å². The molecule has 138 valence electrons. The molecule has 2 rings (SSSR count). The van der Waals surface area contributed by atoms with Crippen LogP contribution in [0.25, 0.3) is 0 Å². The van der Waals surface area contributed by atoms with Gasteiger partial charge in [-0.25, -0.2) is 4.79 Å². The molecule has 0 saturated carbocycles. The number of carbonyl (C=O) groups excluding carboxylic acids is 1. The molecule has 0 aromatic heterocycles. The summed E-state index contributed by atoms with van der Waals surface area (Å²) in [5.41, 5.74) is 0.353. The Labute approximate surface area is 147 Å². The zero-order valence-electron chi connectivity index (χ0n) is 13.9. The van der Waals surface area contributed by atoms with E-state index in [0.29, 0.717) is 11.1 Å². The number of nitrogens with zero attached hydrogens (tertiary/aromatic N) is 1. The monoisotopic (exact) mass is 367 g/mol. The van der Waals surface area contributed by atoms with Gasteiger partial charge in [0.15, 0.2) is 11.5 Å². The Kier molecular flexibility index (Phi) is 6.05. The molecule has 0 radical (unpaired) electrons. The molecule has 0 N–H and O–H groups in total. The van der Waals surface area contributed by atoms with E-state index in [1.54, 1.807) is 13.0 Å². The summed E-state index contributed by atoms with van der Waals surface area (Å²) < 4.78 is 39.0. The van der Waals surface area contributed by atoms with Crippen LogP contribution in [0.15, 0.2) is 36.4 Å². The molecular weight excluding hydrogens is 352 g/mol. The van der Waals surface area contributed by atoms with Gasteiger partial charge in [-0.15, -0.1) is 0 Å². The molecule has 0 aliphatic heterocycles. The van der Waals surface area contributed by atoms with Crippen molar-refractivity contribution in [2.45, 2.75) is 20.1 Å². The molecule has 26 heavy (non-hydrogen) atoms. The van der Waals surface area contributed by atoms with Crippen LogP contribution in [0, 0.1) is 17.0 Å². The van der Waals surface area contributed by atoms with Crippen LogP contribution in [0.1, 0.15) is 21.5 Å². The number of methoxy groups -OCH3 is 1. The molecular formula is C17H15F2NO6. The molecule has 0 spiro atoms. The molecule has 0 bridgehead atoms. The molecule has 0 amide bonds. The minimum atomic E-state index is -3.01. The van der Waals surface area contributed by atoms with Crippen LogP contribution in [0.3, 0.4) is 0 Å². The van der Waals surface area contributed by atoms with E-state index < -0.39 is 17.5 Å². The predicted octanol–water partition coefficient (Wildman–Crippen LogP) is 3.87. The average molecular weight is 367 g/mol. The summed E-state index contributed by atoms with van der Waals surface area (Å²) in [6.45, 7) is -1.67. The molecule has 0 saturated heterocycles. The van der Waals surface area contributed by atoms with Crippen molar-refractivity contribution in [1.29, 1.82) is 0 Å². The Bertz CT molecular complexity index is 825. The second-order valence-electron chi connectivity index (χ2n) is 5.17. The van der Waals surface area contributed by atoms with Crippen molar-refractivity contribution in [2.24, 2.45) is 0 Å². The first-order chi connectivity index (χ1) is 12.3. The van der Waals surface area contributed by atoms with Gasteiger partial charge in [0.1, 0.15) is 12.2 Å². The SMILES string of the molecule is COc1cc(COC(=O)c2c(C)cccc2[N+](=O)[O-])ccc1OC(F)F. The van der Waals surface area contributed by atoms with E-state index in [1.165, 1.54) is 37.4 Å². The van der Waals surface area contributed by atoms with Crippen molar-refractivity contribution in [3.05, 3.63) is 63.2 Å². The van der Waals surface area contributed by atoms with E-state index in [1.807, 2.05) is 0 Å². The number of halogens is 2. The van der Waals surface area contributed by atoms with Crippen molar-refractivity contribution in [2.75, 3.05) is 7.11 Å². The molecule has 7 nitrogen and oxygen atoms in total. The Morgan fingerprint density at radius 3 is 2.58 bits per heavy atom. The number of alkyl halides is 2. The van der Waals surface area contributed by atoms with Gasteiger partial charge in [-0.1, -0.05) is 18.2 Å². The summed E-state index contributed by atoms with van der Waals surface area (Å²) in [5, 5.41) is 11.1. The number of aryl methyl sites for hydroxylation is 1. The predicted molar refractivity (Wildman–Crippen MR) is 86.6 cm³/mol. The average Bonchev–Trinajstić information content (AvgIpc) is 2.59. The number of carbonyl (C=O) groups is 1. The molecule has 2 aromatic carbocycles. The maximum atomic E-state index is 12.3. The molecule has 0 atom stereocenters. The van der Waals surface area contributed by atoms with Crippen LogP contribution in [0.5, 0.6) is 11.5 Å². The fourth-order valence-corrected chi connectivity index (χ4v) is 2.29. The van der Waals surface area contributed by atoms with Crippen LogP contribution >= 0.6 is 0 Å². The number of nitro benzene ring substituents is 1. The largest absolute Gasteiger partial charge is 0.493 e. The van der Waals surface area contributed by atoms with Gasteiger partial charge >= 0.3 is 12.6 Å². The van der Waals surface area contributed by atoms with E-state index in [-0.39, 0.29) is 29.4 Å². The highest BCUT2D eigenvalue weighted by atomic mass is 19.3. The molecule has 0 unspecified atom stereocenters. The highest BCUT2D eigenvalue weighted by Gasteiger charge is 2.23. The summed E-state index contributed by atoms with van der Waals surface area (Å²) in [6.07, 6.45) is 0. The number of nitro groups is 1. The van der Waals surface area contributed by atoms with Crippen molar-refractivity contribution in [3.8, 4) is 11.5 Å². The summed E-state index contributed by atoms with van der Waals surface area (Å²) in [4.78, 5) is 22.7. The molecule has 0 heterocycles. The fourth-order valence-electron chi connectivity index (χ4n) is 2.29. The lowest BCUT2D eigenvalue weighted by Gasteiger charge is -2.12. The minimum absolute atomic E-state index is 0.0423. The van der Waals surface area contributed by atoms with E-state index in [9.17, 15) is 23.7 Å². The lowest BCUT2D eigenvalue weighted by atomic mass is 10.1. The number of benzene rings is 2. The first kappa shape index (κ1) is 19.1. The van der Waals surface area contributed by atoms with Gasteiger partial charge in [-0.05, 0) is 30.2 Å². The van der Waals surface area contributed by atoms with E-state index in [2.05, 4.69) is 4.74 Å². The quantitative estimate of drug-likeness (QED) is 0.419. The van der Waals surface area contributed by atoms with E-state index in [4.69, 9.17) is 9.47 Å². The Morgan fingerprint density at radius 2 is 1.96 bits per heavy atom. The van der Waals surface area contributed by atoms with Gasteiger partial charge in [-0.3, -0.25) is 10.1 Å². The van der Waals surface area contributed by atoms with Gasteiger partial charge in [0.05, 0.1) is 12.0 Å². The van der Waals surface area contributed by atoms with Gasteiger partial charge in [0, 0.05) is 6.07 Å². The van der Waals surface area contributed by atoms with Gasteiger partial charge < -0.3 is 14.2 Å². The van der Waals surface area contributed by atoms with Crippen molar-refractivity contribution < 1.29 is 32.7 Å². The van der Waals surface area contributed by atoms with Crippen molar-refractivity contribution in [1.82, 2.24) is 0 Å². The smallest absolute Gasteiger partial charge is 0.387 e. The van der Waals surface area contributed by atoms with Crippen molar-refractivity contribution >= 4 is 11.7 Å². The molecule has 0 aliphatic rings. The summed E-state index contributed by atoms with van der Waals surface area (Å²) in [6, 6.07) is 8.28. The van der Waals surface area contributed by atoms with Gasteiger partial charge in [0.2, 0.25) is 0 Å². The Morgan fingerprint density at radius 1 is 1.23 bits per heavy atom. The number of hydrogen-bond acceptors (Lipinski definition) is 6. The molecule has 2 aromatic rings. The topological polar surface area (TPSA) is 87.9 Å². The number of hydrogen-bond donors (Lipinski definition) is 0. The third kappa shape index (κ3) is 4.44. The summed E-state index contributed by atoms with van der Waals surface area (Å²) >= 11 is 0. The molecule has 0 aliphatic carbocycles. The van der Waals surface area contributed by atoms with E-state index >= 15 is 0 Å². The second kappa shape index (κ2) is 8.24. The molecule has 9 heteroatoms. The zero-order valence-corrected chi connectivity index (χ0v) is 13.9. The summed E-state index contributed by atoms with van der Waals surface area (Å²) in [7, 11) is 1.28. The molecule has 0 fully saturated rings. The number of rotatable bonds is 7. The third-order valence-electron chi connectivity index (χ3n) is 3.47. The van der Waals surface area contributed by atoms with E-state index in [0.717, 1.165) is 0 Å². The summed E-state index contributed by atoms with van der Waals surface area (Å²) in [5.74, 6) is -0.977. The number of esters is 1. The van der Waals surface area contributed by atoms with Crippen LogP contribution in [0.4, 0.5) is 14.5 Å². The first-order valence-corrected chi connectivity index (χ1v) is 7.36. The lowest BCUT2D eigenvalue weighted by Crippen LogP contribution is -2.10. The normalized spacial score (nSPS) is 10.5. The second-order valence-corrected chi connectivity index (χ2v) is 5.17. The Hall–Kier alpha value is -3.23. The van der Waals surface area contributed by atoms with Crippen LogP contribution in [-0.4, -0.2) is 24.6 Å². The lowest BCUT2D eigenvalue weighted by molar-refractivity contribution is -0.385. The first-order valence-electron chi connectivity index (χ1n) is 7.36. The Balaban J connectivity index is 2.17. The maximum absolute atomic E-state index is 12.3. The van der Waals surface area contributed by atoms with Crippen LogP contribution in [0.2, 0.25) is 0 Å². The zero-order chi connectivity index (χ0) is 19.3. The number of ether oxygens (including phenoxy) is 3. The maximum Gasteiger partial charge on any atom is 0.387 e. The van der Waals surface area contributed by atoms with Gasteiger partial charge in [-0.2, -0.15) is 8.78 Å². The van der Waals surface area contributed by atoms with Crippen LogP contribution in [-0.2, 0) is 11.3 Å². The highest BCUT2D eigenvalue weighted by molar-refractivity contribution is 5.95.